The maximum Gasteiger partial charge on any atom is 0.433 e. The monoisotopic (exact) mass is 508 g/mol. The highest BCUT2D eigenvalue weighted by molar-refractivity contribution is 6.03. The zero-order valence-corrected chi connectivity index (χ0v) is 20.0. The van der Waals surface area contributed by atoms with Gasteiger partial charge in [0.2, 0.25) is 0 Å². The number of nitrogens with zero attached hydrogens (tertiary/aromatic N) is 3. The first-order chi connectivity index (χ1) is 17.3. The molecule has 3 heterocycles. The Labute approximate surface area is 207 Å². The fourth-order valence-corrected chi connectivity index (χ4v) is 2.52. The van der Waals surface area contributed by atoms with E-state index >= 15 is 0 Å². The molecule has 1 N–H and O–H groups in total. The summed E-state index contributed by atoms with van der Waals surface area (Å²) in [6.45, 7) is 5.02. The van der Waals surface area contributed by atoms with Gasteiger partial charge in [-0.1, -0.05) is 6.07 Å². The van der Waals surface area contributed by atoms with E-state index in [1.165, 1.54) is 6.07 Å². The molecule has 7 nitrogen and oxygen atoms in total. The normalized spacial score (nSPS) is 9.94. The Kier molecular flexibility index (Phi) is 15.4. The van der Waals surface area contributed by atoms with Crippen LogP contribution in [0.4, 0.5) is 23.2 Å². The van der Waals surface area contributed by atoms with Crippen LogP contribution in [0.25, 0.3) is 5.65 Å². The highest BCUT2D eigenvalue weighted by atomic mass is 19.4. The molecule has 0 fully saturated rings. The Balaban J connectivity index is 0.000000952. The molecule has 0 unspecified atom stereocenters. The zero-order chi connectivity index (χ0) is 27.6. The summed E-state index contributed by atoms with van der Waals surface area (Å²) in [6.07, 6.45) is 16.7. The van der Waals surface area contributed by atoms with E-state index in [2.05, 4.69) is 41.0 Å². The molecule has 36 heavy (non-hydrogen) atoms. The van der Waals surface area contributed by atoms with Gasteiger partial charge in [-0.15, -0.1) is 25.7 Å². The number of anilines is 1. The number of hydrogen-bond acceptors (Lipinski definition) is 5. The number of fused-ring (bicyclic) bond motifs is 1. The second-order valence-corrected chi connectivity index (χ2v) is 6.28. The van der Waals surface area contributed by atoms with Crippen LogP contribution < -0.4 is 10.1 Å². The van der Waals surface area contributed by atoms with E-state index < -0.39 is 17.8 Å². The van der Waals surface area contributed by atoms with E-state index in [1.54, 1.807) is 36.0 Å². The number of nitrogens with one attached hydrogen (secondary N) is 1. The lowest BCUT2D eigenvalue weighted by atomic mass is 10.2. The van der Waals surface area contributed by atoms with Crippen molar-refractivity contribution in [3.63, 3.8) is 0 Å². The number of halogens is 4. The summed E-state index contributed by atoms with van der Waals surface area (Å²) in [5.74, 6) is -0.409. The number of amides is 1. The first-order valence-corrected chi connectivity index (χ1v) is 10.6. The maximum atomic E-state index is 12.7. The second kappa shape index (κ2) is 17.4. The zero-order valence-electron chi connectivity index (χ0n) is 20.0. The molecule has 0 bridgehead atoms. The second-order valence-electron chi connectivity index (χ2n) is 6.28. The minimum absolute atomic E-state index is 0.264. The summed E-state index contributed by atoms with van der Waals surface area (Å²) >= 11 is 0. The highest BCUT2D eigenvalue weighted by Gasteiger charge is 2.33. The molecule has 0 aliphatic carbocycles. The third-order valence-electron chi connectivity index (χ3n) is 3.94. The molecule has 0 aliphatic rings. The summed E-state index contributed by atoms with van der Waals surface area (Å²) in [5, 5.41) is 2.53. The molecule has 3 rings (SSSR count). The van der Waals surface area contributed by atoms with Gasteiger partial charge in [-0.25, -0.2) is 9.97 Å². The molecule has 3 aromatic rings. The Morgan fingerprint density at radius 2 is 1.83 bits per heavy atom. The van der Waals surface area contributed by atoms with Gasteiger partial charge in [-0.2, -0.15) is 13.2 Å². The molecule has 194 valence electrons. The molecule has 0 saturated carbocycles. The predicted molar refractivity (Wildman–Crippen MR) is 130 cm³/mol. The molecule has 0 spiro atoms. The minimum atomic E-state index is -4.62. The van der Waals surface area contributed by atoms with Crippen molar-refractivity contribution in [3.05, 3.63) is 54.2 Å². The van der Waals surface area contributed by atoms with Crippen molar-refractivity contribution in [1.29, 1.82) is 0 Å². The Morgan fingerprint density at radius 1 is 1.14 bits per heavy atom. The number of aromatic nitrogens is 3. The largest absolute Gasteiger partial charge is 0.491 e. The summed E-state index contributed by atoms with van der Waals surface area (Å²) in [4.78, 5) is 19.8. The Bertz CT molecular complexity index is 1080. The van der Waals surface area contributed by atoms with Crippen molar-refractivity contribution in [2.24, 2.45) is 0 Å². The van der Waals surface area contributed by atoms with Gasteiger partial charge < -0.3 is 19.2 Å². The van der Waals surface area contributed by atoms with Gasteiger partial charge in [0.25, 0.3) is 5.91 Å². The lowest BCUT2D eigenvalue weighted by Gasteiger charge is -2.12. The van der Waals surface area contributed by atoms with Crippen molar-refractivity contribution in [3.8, 4) is 31.4 Å². The maximum absolute atomic E-state index is 12.7. The van der Waals surface area contributed by atoms with E-state index in [9.17, 15) is 22.4 Å². The number of carbonyl (C=O) groups is 1. The molecule has 1 amide bonds. The van der Waals surface area contributed by atoms with Crippen molar-refractivity contribution in [1.82, 2.24) is 14.4 Å². The molecule has 3 aromatic heterocycles. The number of carbonyl (C=O) groups excluding carboxylic acids is 1. The lowest BCUT2D eigenvalue weighted by molar-refractivity contribution is -0.141. The van der Waals surface area contributed by atoms with Crippen LogP contribution in [0.3, 0.4) is 0 Å². The fourth-order valence-electron chi connectivity index (χ4n) is 2.52. The van der Waals surface area contributed by atoms with Crippen molar-refractivity contribution >= 4 is 17.2 Å². The molecule has 11 heteroatoms. The first-order valence-electron chi connectivity index (χ1n) is 10.6. The molecular formula is C25H28F4N4O3. The van der Waals surface area contributed by atoms with E-state index in [4.69, 9.17) is 9.47 Å². The molecule has 0 radical (unpaired) electrons. The van der Waals surface area contributed by atoms with Crippen LogP contribution in [0.1, 0.15) is 36.5 Å². The smallest absolute Gasteiger partial charge is 0.433 e. The number of terminal acetylenes is 2. The SMILES string of the molecule is C#C.C#C.CCOCCCF.CCOc1cc2nccn2cc1NC(=O)c1cccc(C(F)(F)F)n1. The summed E-state index contributed by atoms with van der Waals surface area (Å²) in [5.41, 5.74) is -0.562. The molecule has 0 aromatic carbocycles. The van der Waals surface area contributed by atoms with Gasteiger partial charge in [-0.3, -0.25) is 9.18 Å². The summed E-state index contributed by atoms with van der Waals surface area (Å²) in [7, 11) is 0. The third-order valence-corrected chi connectivity index (χ3v) is 3.94. The van der Waals surface area contributed by atoms with Gasteiger partial charge >= 0.3 is 6.18 Å². The van der Waals surface area contributed by atoms with E-state index in [0.717, 1.165) is 12.1 Å². The topological polar surface area (TPSA) is 77.8 Å². The molecule has 0 atom stereocenters. The minimum Gasteiger partial charge on any atom is -0.491 e. The van der Waals surface area contributed by atoms with E-state index in [1.807, 2.05) is 6.92 Å². The van der Waals surface area contributed by atoms with Crippen LogP contribution >= 0.6 is 0 Å². The highest BCUT2D eigenvalue weighted by Crippen LogP contribution is 2.29. The quantitative estimate of drug-likeness (QED) is 0.255. The average molecular weight is 509 g/mol. The van der Waals surface area contributed by atoms with Gasteiger partial charge in [-0.05, 0) is 32.4 Å². The van der Waals surface area contributed by atoms with Crippen LogP contribution in [0.5, 0.6) is 5.75 Å². The molecule has 0 aliphatic heterocycles. The van der Waals surface area contributed by atoms with Gasteiger partial charge in [0.15, 0.2) is 0 Å². The average Bonchev–Trinajstić information content (AvgIpc) is 3.34. The number of alkyl halides is 4. The van der Waals surface area contributed by atoms with Crippen LogP contribution in [0.2, 0.25) is 0 Å². The molecule has 0 saturated heterocycles. The number of hydrogen-bond donors (Lipinski definition) is 1. The van der Waals surface area contributed by atoms with Crippen LogP contribution in [0, 0.1) is 25.7 Å². The van der Waals surface area contributed by atoms with Crippen LogP contribution in [-0.4, -0.2) is 46.8 Å². The van der Waals surface area contributed by atoms with Crippen LogP contribution in [0.15, 0.2) is 42.9 Å². The van der Waals surface area contributed by atoms with Crippen molar-refractivity contribution in [2.45, 2.75) is 26.4 Å². The Morgan fingerprint density at radius 3 is 2.42 bits per heavy atom. The number of ether oxygens (including phenoxy) is 2. The van der Waals surface area contributed by atoms with Gasteiger partial charge in [0.1, 0.15) is 28.5 Å². The van der Waals surface area contributed by atoms with E-state index in [0.29, 0.717) is 43.3 Å². The predicted octanol–water partition coefficient (Wildman–Crippen LogP) is 5.28. The Hall–Kier alpha value is -4.09. The summed E-state index contributed by atoms with van der Waals surface area (Å²) in [6, 6.07) is 4.77. The van der Waals surface area contributed by atoms with Gasteiger partial charge in [0.05, 0.1) is 13.3 Å². The van der Waals surface area contributed by atoms with Crippen molar-refractivity contribution in [2.75, 3.05) is 31.8 Å². The number of pyridine rings is 2. The third kappa shape index (κ3) is 10.5. The first kappa shape index (κ1) is 31.9. The van der Waals surface area contributed by atoms with Gasteiger partial charge in [0, 0.05) is 37.9 Å². The summed E-state index contributed by atoms with van der Waals surface area (Å²) < 4.78 is 61.4. The van der Waals surface area contributed by atoms with E-state index in [-0.39, 0.29) is 12.4 Å². The number of rotatable bonds is 8. The lowest BCUT2D eigenvalue weighted by Crippen LogP contribution is -2.17. The standard InChI is InChI=1S/C16H13F3N4O2.C5H11FO.2C2H2/c1-2-25-12-8-14-20-6-7-23(14)9-11(12)22-15(24)10-4-3-5-13(21-10)16(17,18)19;1-2-7-5-3-4-6;2*1-2/h3-9H,2H2,1H3,(H,22,24);2-5H2,1H3;2*1-2H. The molecular weight excluding hydrogens is 480 g/mol. The fraction of sp³-hybridized carbons (Fsp3) is 0.320. The van der Waals surface area contributed by atoms with Crippen LogP contribution in [-0.2, 0) is 10.9 Å². The van der Waals surface area contributed by atoms with Crippen molar-refractivity contribution < 1.29 is 31.8 Å². The number of imidazole rings is 1.